The van der Waals surface area contributed by atoms with E-state index in [0.29, 0.717) is 11.9 Å². The first-order valence-electron chi connectivity index (χ1n) is 10.3. The van der Waals surface area contributed by atoms with Crippen molar-refractivity contribution in [3.8, 4) is 11.3 Å². The molecule has 156 valence electrons. The Kier molecular flexibility index (Phi) is 6.51. The molecule has 1 amide bonds. The van der Waals surface area contributed by atoms with Crippen LogP contribution in [0.5, 0.6) is 0 Å². The number of nitrogens with one attached hydrogen (secondary N) is 1. The quantitative estimate of drug-likeness (QED) is 0.649. The number of nitrogens with zero attached hydrogens (tertiary/aromatic N) is 3. The van der Waals surface area contributed by atoms with Crippen molar-refractivity contribution < 1.29 is 9.53 Å². The van der Waals surface area contributed by atoms with Gasteiger partial charge in [-0.15, -0.1) is 0 Å². The first-order valence-corrected chi connectivity index (χ1v) is 10.3. The molecule has 0 unspecified atom stereocenters. The lowest BCUT2D eigenvalue weighted by Crippen LogP contribution is -2.41. The average Bonchev–Trinajstić information content (AvgIpc) is 2.80. The fourth-order valence-corrected chi connectivity index (χ4v) is 3.67. The summed E-state index contributed by atoms with van der Waals surface area (Å²) in [5.41, 5.74) is 1.52. The van der Waals surface area contributed by atoms with Gasteiger partial charge in [-0.3, -0.25) is 14.5 Å². The van der Waals surface area contributed by atoms with Crippen molar-refractivity contribution in [2.45, 2.75) is 13.0 Å². The number of hydrogen-bond acceptors (Lipinski definition) is 5. The van der Waals surface area contributed by atoms with E-state index in [1.807, 2.05) is 54.6 Å². The van der Waals surface area contributed by atoms with Gasteiger partial charge in [0.25, 0.3) is 5.56 Å². The topological polar surface area (TPSA) is 76.5 Å². The Morgan fingerprint density at radius 3 is 2.43 bits per heavy atom. The third-order valence-electron chi connectivity index (χ3n) is 5.32. The molecule has 0 atom stereocenters. The minimum atomic E-state index is -0.175. The van der Waals surface area contributed by atoms with Crippen LogP contribution in [0.15, 0.2) is 59.4 Å². The first-order chi connectivity index (χ1) is 14.7. The number of benzene rings is 2. The molecule has 1 aromatic heterocycles. The third-order valence-corrected chi connectivity index (χ3v) is 5.32. The molecule has 7 heteroatoms. The number of ether oxygens (including phenoxy) is 1. The van der Waals surface area contributed by atoms with Gasteiger partial charge in [0.1, 0.15) is 0 Å². The maximum atomic E-state index is 12.9. The van der Waals surface area contributed by atoms with Gasteiger partial charge in [0.2, 0.25) is 5.91 Å². The van der Waals surface area contributed by atoms with E-state index in [9.17, 15) is 9.59 Å². The highest BCUT2D eigenvalue weighted by molar-refractivity contribution is 5.93. The SMILES string of the molecule is O=C(CCn1nc(-c2ccccc2)c2ccccc2c1=O)NCCN1CCOCC1. The molecule has 0 radical (unpaired) electrons. The molecule has 0 bridgehead atoms. The summed E-state index contributed by atoms with van der Waals surface area (Å²) in [6.07, 6.45) is 0.211. The maximum absolute atomic E-state index is 12.9. The monoisotopic (exact) mass is 406 g/mol. The minimum absolute atomic E-state index is 0.0774. The Morgan fingerprint density at radius 1 is 0.967 bits per heavy atom. The van der Waals surface area contributed by atoms with Crippen LogP contribution in [0.1, 0.15) is 6.42 Å². The summed E-state index contributed by atoms with van der Waals surface area (Å²) in [6, 6.07) is 17.3. The Labute approximate surface area is 175 Å². The Balaban J connectivity index is 1.45. The number of aryl methyl sites for hydroxylation is 1. The summed E-state index contributed by atoms with van der Waals surface area (Å²) in [6.45, 7) is 4.92. The molecular formula is C23H26N4O3. The van der Waals surface area contributed by atoms with E-state index in [2.05, 4.69) is 15.3 Å². The molecule has 0 aliphatic carbocycles. The number of rotatable bonds is 7. The van der Waals surface area contributed by atoms with Crippen LogP contribution in [-0.2, 0) is 16.1 Å². The van der Waals surface area contributed by atoms with Gasteiger partial charge < -0.3 is 10.1 Å². The second kappa shape index (κ2) is 9.65. The number of fused-ring (bicyclic) bond motifs is 1. The fourth-order valence-electron chi connectivity index (χ4n) is 3.67. The molecule has 4 rings (SSSR count). The van der Waals surface area contributed by atoms with Gasteiger partial charge >= 0.3 is 0 Å². The molecule has 1 fully saturated rings. The summed E-state index contributed by atoms with van der Waals surface area (Å²) in [5, 5.41) is 8.97. The van der Waals surface area contributed by atoms with E-state index >= 15 is 0 Å². The van der Waals surface area contributed by atoms with Gasteiger partial charge in [-0.1, -0.05) is 48.5 Å². The van der Waals surface area contributed by atoms with Crippen molar-refractivity contribution in [2.75, 3.05) is 39.4 Å². The zero-order chi connectivity index (χ0) is 20.8. The number of carbonyl (C=O) groups is 1. The summed E-state index contributed by atoms with van der Waals surface area (Å²) < 4.78 is 6.74. The minimum Gasteiger partial charge on any atom is -0.379 e. The van der Waals surface area contributed by atoms with E-state index in [0.717, 1.165) is 49.5 Å². The summed E-state index contributed by atoms with van der Waals surface area (Å²) in [7, 11) is 0. The molecule has 1 saturated heterocycles. The van der Waals surface area contributed by atoms with Crippen molar-refractivity contribution >= 4 is 16.7 Å². The van der Waals surface area contributed by atoms with Crippen molar-refractivity contribution in [3.05, 3.63) is 65.0 Å². The molecular weight excluding hydrogens is 380 g/mol. The highest BCUT2D eigenvalue weighted by atomic mass is 16.5. The smallest absolute Gasteiger partial charge is 0.274 e. The second-order valence-corrected chi connectivity index (χ2v) is 7.34. The summed E-state index contributed by atoms with van der Waals surface area (Å²) >= 11 is 0. The molecule has 0 saturated carbocycles. The molecule has 0 spiro atoms. The number of morpholine rings is 1. The predicted octanol–water partition coefficient (Wildman–Crippen LogP) is 1.90. The van der Waals surface area contributed by atoms with Crippen LogP contribution in [0.4, 0.5) is 0 Å². The lowest BCUT2D eigenvalue weighted by atomic mass is 10.1. The maximum Gasteiger partial charge on any atom is 0.274 e. The number of amides is 1. The van der Waals surface area contributed by atoms with Crippen LogP contribution in [0, 0.1) is 0 Å². The van der Waals surface area contributed by atoms with E-state index in [-0.39, 0.29) is 24.4 Å². The number of hydrogen-bond donors (Lipinski definition) is 1. The van der Waals surface area contributed by atoms with Crippen LogP contribution < -0.4 is 10.9 Å². The van der Waals surface area contributed by atoms with E-state index in [4.69, 9.17) is 4.74 Å². The van der Waals surface area contributed by atoms with E-state index in [1.54, 1.807) is 0 Å². The van der Waals surface area contributed by atoms with Crippen molar-refractivity contribution in [1.82, 2.24) is 20.0 Å². The molecule has 1 aliphatic rings. The number of carbonyl (C=O) groups excluding carboxylic acids is 1. The lowest BCUT2D eigenvalue weighted by Gasteiger charge is -2.26. The normalized spacial score (nSPS) is 14.7. The predicted molar refractivity (Wildman–Crippen MR) is 116 cm³/mol. The van der Waals surface area contributed by atoms with E-state index in [1.165, 1.54) is 4.68 Å². The third kappa shape index (κ3) is 4.75. The average molecular weight is 406 g/mol. The molecule has 1 N–H and O–H groups in total. The summed E-state index contributed by atoms with van der Waals surface area (Å²) in [4.78, 5) is 27.5. The van der Waals surface area contributed by atoms with Gasteiger partial charge in [0.05, 0.1) is 30.8 Å². The largest absolute Gasteiger partial charge is 0.379 e. The number of aromatic nitrogens is 2. The van der Waals surface area contributed by atoms with Crippen LogP contribution in [0.25, 0.3) is 22.0 Å². The zero-order valence-electron chi connectivity index (χ0n) is 16.9. The highest BCUT2D eigenvalue weighted by Gasteiger charge is 2.13. The van der Waals surface area contributed by atoms with Crippen LogP contribution in [0.2, 0.25) is 0 Å². The molecule has 3 aromatic rings. The van der Waals surface area contributed by atoms with Crippen LogP contribution in [-0.4, -0.2) is 60.0 Å². The van der Waals surface area contributed by atoms with Gasteiger partial charge in [-0.25, -0.2) is 4.68 Å². The summed E-state index contributed by atoms with van der Waals surface area (Å²) in [5.74, 6) is -0.0774. The fraction of sp³-hybridized carbons (Fsp3) is 0.348. The lowest BCUT2D eigenvalue weighted by molar-refractivity contribution is -0.121. The van der Waals surface area contributed by atoms with Crippen LogP contribution in [0.3, 0.4) is 0 Å². The molecule has 2 aromatic carbocycles. The Bertz CT molecular complexity index is 1060. The highest BCUT2D eigenvalue weighted by Crippen LogP contribution is 2.24. The molecule has 30 heavy (non-hydrogen) atoms. The molecule has 2 heterocycles. The van der Waals surface area contributed by atoms with Gasteiger partial charge in [-0.2, -0.15) is 5.10 Å². The van der Waals surface area contributed by atoms with Gasteiger partial charge in [0.15, 0.2) is 0 Å². The zero-order valence-corrected chi connectivity index (χ0v) is 16.9. The molecule has 7 nitrogen and oxygen atoms in total. The van der Waals surface area contributed by atoms with Crippen molar-refractivity contribution in [1.29, 1.82) is 0 Å². The molecule has 1 aliphatic heterocycles. The van der Waals surface area contributed by atoms with Crippen molar-refractivity contribution in [3.63, 3.8) is 0 Å². The standard InChI is InChI=1S/C23H26N4O3/c28-21(24-11-13-26-14-16-30-17-15-26)10-12-27-23(29)20-9-5-4-8-19(20)22(25-27)18-6-2-1-3-7-18/h1-9H,10-17H2,(H,24,28). The first kappa shape index (κ1) is 20.3. The van der Waals surface area contributed by atoms with Crippen LogP contribution >= 0.6 is 0 Å². The Morgan fingerprint density at radius 2 is 1.67 bits per heavy atom. The van der Waals surface area contributed by atoms with E-state index < -0.39 is 0 Å². The Hall–Kier alpha value is -3.03. The van der Waals surface area contributed by atoms with Crippen molar-refractivity contribution in [2.24, 2.45) is 0 Å². The van der Waals surface area contributed by atoms with Gasteiger partial charge in [0, 0.05) is 43.5 Å². The van der Waals surface area contributed by atoms with Gasteiger partial charge in [-0.05, 0) is 6.07 Å². The second-order valence-electron chi connectivity index (χ2n) is 7.34.